The van der Waals surface area contributed by atoms with Gasteiger partial charge in [-0.2, -0.15) is 0 Å². The van der Waals surface area contributed by atoms with Crippen molar-refractivity contribution in [3.8, 4) is 11.1 Å². The number of hydrogen-bond acceptors (Lipinski definition) is 2. The molecule has 0 saturated carbocycles. The summed E-state index contributed by atoms with van der Waals surface area (Å²) in [6.45, 7) is 3.27. The van der Waals surface area contributed by atoms with Crippen LogP contribution in [0.25, 0.3) is 11.1 Å². The van der Waals surface area contributed by atoms with Crippen LogP contribution in [-0.2, 0) is 4.79 Å². The monoisotopic (exact) mass is 408 g/mol. The summed E-state index contributed by atoms with van der Waals surface area (Å²) >= 11 is 0. The first-order valence-corrected chi connectivity index (χ1v) is 11.0. The number of halogens is 1. The van der Waals surface area contributed by atoms with Crippen LogP contribution in [0.1, 0.15) is 48.9 Å². The average molecular weight is 409 g/mol. The summed E-state index contributed by atoms with van der Waals surface area (Å²) in [4.78, 5) is 29.4. The van der Waals surface area contributed by atoms with E-state index in [9.17, 15) is 14.0 Å². The normalized spacial score (nSPS) is 17.4. The van der Waals surface area contributed by atoms with Crippen LogP contribution in [0.3, 0.4) is 0 Å². The molecule has 0 N–H and O–H groups in total. The average Bonchev–Trinajstić information content (AvgIpc) is 3.33. The SMILES string of the molecule is O=C(CCC1CCN(C(=O)c2ccccc2-c2ccc(F)cc2)CC1)N1CCCC1. The fourth-order valence-electron chi connectivity index (χ4n) is 4.60. The van der Waals surface area contributed by atoms with Crippen molar-refractivity contribution in [2.24, 2.45) is 5.92 Å². The number of carbonyl (C=O) groups is 2. The third kappa shape index (κ3) is 4.72. The molecule has 158 valence electrons. The van der Waals surface area contributed by atoms with Crippen molar-refractivity contribution in [2.75, 3.05) is 26.2 Å². The summed E-state index contributed by atoms with van der Waals surface area (Å²) in [5.74, 6) is 0.543. The second kappa shape index (κ2) is 9.41. The molecule has 0 aliphatic carbocycles. The van der Waals surface area contributed by atoms with Gasteiger partial charge >= 0.3 is 0 Å². The molecule has 0 radical (unpaired) electrons. The number of nitrogens with zero attached hydrogens (tertiary/aromatic N) is 2. The second-order valence-corrected chi connectivity index (χ2v) is 8.41. The van der Waals surface area contributed by atoms with Crippen LogP contribution in [0, 0.1) is 11.7 Å². The van der Waals surface area contributed by atoms with E-state index in [1.807, 2.05) is 34.1 Å². The van der Waals surface area contributed by atoms with Crippen LogP contribution in [0.15, 0.2) is 48.5 Å². The molecule has 2 aliphatic heterocycles. The number of piperidine rings is 1. The molecule has 2 saturated heterocycles. The van der Waals surface area contributed by atoms with Crippen LogP contribution in [0.5, 0.6) is 0 Å². The summed E-state index contributed by atoms with van der Waals surface area (Å²) in [7, 11) is 0. The van der Waals surface area contributed by atoms with Gasteiger partial charge < -0.3 is 9.80 Å². The largest absolute Gasteiger partial charge is 0.343 e. The van der Waals surface area contributed by atoms with Gasteiger partial charge in [-0.1, -0.05) is 30.3 Å². The molecule has 2 amide bonds. The third-order valence-electron chi connectivity index (χ3n) is 6.44. The van der Waals surface area contributed by atoms with Crippen molar-refractivity contribution >= 4 is 11.8 Å². The van der Waals surface area contributed by atoms with Crippen LogP contribution < -0.4 is 0 Å². The standard InChI is InChI=1S/C25H29FN2O2/c26-21-10-8-20(9-11-21)22-5-1-2-6-23(22)25(30)28-17-13-19(14-18-28)7-12-24(29)27-15-3-4-16-27/h1-2,5-6,8-11,19H,3-4,7,12-18H2. The number of likely N-dealkylation sites (tertiary alicyclic amines) is 2. The number of carbonyl (C=O) groups excluding carboxylic acids is 2. The van der Waals surface area contributed by atoms with Gasteiger partial charge in [0.25, 0.3) is 5.91 Å². The Morgan fingerprint density at radius 1 is 0.867 bits per heavy atom. The fraction of sp³-hybridized carbons (Fsp3) is 0.440. The van der Waals surface area contributed by atoms with E-state index in [0.717, 1.165) is 69.4 Å². The van der Waals surface area contributed by atoms with Gasteiger partial charge in [0.1, 0.15) is 5.82 Å². The Bertz CT molecular complexity index is 882. The topological polar surface area (TPSA) is 40.6 Å². The zero-order valence-corrected chi connectivity index (χ0v) is 17.4. The molecule has 0 atom stereocenters. The van der Waals surface area contributed by atoms with Crippen molar-refractivity contribution in [1.82, 2.24) is 9.80 Å². The van der Waals surface area contributed by atoms with Crippen molar-refractivity contribution in [1.29, 1.82) is 0 Å². The minimum absolute atomic E-state index is 0.0292. The number of benzene rings is 2. The molecule has 4 rings (SSSR count). The molecule has 4 nitrogen and oxygen atoms in total. The molecular weight excluding hydrogens is 379 g/mol. The zero-order valence-electron chi connectivity index (χ0n) is 17.4. The van der Waals surface area contributed by atoms with Crippen molar-refractivity contribution in [3.63, 3.8) is 0 Å². The summed E-state index contributed by atoms with van der Waals surface area (Å²) in [6, 6.07) is 13.8. The van der Waals surface area contributed by atoms with Gasteiger partial charge in [0.05, 0.1) is 0 Å². The lowest BCUT2D eigenvalue weighted by atomic mass is 9.91. The summed E-state index contributed by atoms with van der Waals surface area (Å²) < 4.78 is 13.3. The van der Waals surface area contributed by atoms with Crippen molar-refractivity contribution < 1.29 is 14.0 Å². The Labute approximate surface area is 177 Å². The quantitative estimate of drug-likeness (QED) is 0.717. The lowest BCUT2D eigenvalue weighted by molar-refractivity contribution is -0.130. The number of hydrogen-bond donors (Lipinski definition) is 0. The summed E-state index contributed by atoms with van der Waals surface area (Å²) in [6.07, 6.45) is 5.70. The van der Waals surface area contributed by atoms with E-state index in [1.54, 1.807) is 12.1 Å². The molecule has 2 aromatic carbocycles. The van der Waals surface area contributed by atoms with Crippen LogP contribution >= 0.6 is 0 Å². The Balaban J connectivity index is 1.34. The van der Waals surface area contributed by atoms with Gasteiger partial charge in [-0.25, -0.2) is 4.39 Å². The maximum atomic E-state index is 13.3. The van der Waals surface area contributed by atoms with Gasteiger partial charge in [0, 0.05) is 38.2 Å². The van der Waals surface area contributed by atoms with Crippen molar-refractivity contribution in [3.05, 3.63) is 59.9 Å². The second-order valence-electron chi connectivity index (χ2n) is 8.41. The Morgan fingerprint density at radius 3 is 2.23 bits per heavy atom. The molecule has 30 heavy (non-hydrogen) atoms. The molecule has 0 bridgehead atoms. The first-order valence-electron chi connectivity index (χ1n) is 11.0. The van der Waals surface area contributed by atoms with Gasteiger partial charge in [-0.15, -0.1) is 0 Å². The first kappa shape index (κ1) is 20.6. The van der Waals surface area contributed by atoms with E-state index in [4.69, 9.17) is 0 Å². The highest BCUT2D eigenvalue weighted by atomic mass is 19.1. The van der Waals surface area contributed by atoms with Gasteiger partial charge in [-0.3, -0.25) is 9.59 Å². The van der Waals surface area contributed by atoms with E-state index in [-0.39, 0.29) is 11.7 Å². The molecule has 0 aromatic heterocycles. The number of rotatable bonds is 5. The zero-order chi connectivity index (χ0) is 20.9. The Morgan fingerprint density at radius 2 is 1.53 bits per heavy atom. The minimum Gasteiger partial charge on any atom is -0.343 e. The summed E-state index contributed by atoms with van der Waals surface area (Å²) in [5, 5.41) is 0. The molecule has 2 aromatic rings. The van der Waals surface area contributed by atoms with Gasteiger partial charge in [-0.05, 0) is 67.3 Å². The molecule has 2 fully saturated rings. The highest BCUT2D eigenvalue weighted by molar-refractivity contribution is 6.00. The molecule has 5 heteroatoms. The maximum absolute atomic E-state index is 13.3. The van der Waals surface area contributed by atoms with Crippen LogP contribution in [-0.4, -0.2) is 47.8 Å². The van der Waals surface area contributed by atoms with E-state index in [0.29, 0.717) is 23.8 Å². The highest BCUT2D eigenvalue weighted by Gasteiger charge is 2.26. The maximum Gasteiger partial charge on any atom is 0.254 e. The van der Waals surface area contributed by atoms with Gasteiger partial charge in [0.15, 0.2) is 0 Å². The van der Waals surface area contributed by atoms with Crippen molar-refractivity contribution in [2.45, 2.75) is 38.5 Å². The van der Waals surface area contributed by atoms with E-state index in [2.05, 4.69) is 0 Å². The lowest BCUT2D eigenvalue weighted by Crippen LogP contribution is -2.39. The number of amides is 2. The fourth-order valence-corrected chi connectivity index (χ4v) is 4.60. The van der Waals surface area contributed by atoms with Crippen LogP contribution in [0.2, 0.25) is 0 Å². The predicted molar refractivity (Wildman–Crippen MR) is 116 cm³/mol. The molecule has 2 heterocycles. The van der Waals surface area contributed by atoms with E-state index < -0.39 is 0 Å². The minimum atomic E-state index is -0.284. The van der Waals surface area contributed by atoms with Crippen LogP contribution in [0.4, 0.5) is 4.39 Å². The predicted octanol–water partition coefficient (Wildman–Crippen LogP) is 4.75. The molecule has 0 unspecified atom stereocenters. The highest BCUT2D eigenvalue weighted by Crippen LogP contribution is 2.28. The Hall–Kier alpha value is -2.69. The lowest BCUT2D eigenvalue weighted by Gasteiger charge is -2.32. The molecular formula is C25H29FN2O2. The third-order valence-corrected chi connectivity index (χ3v) is 6.44. The Kier molecular flexibility index (Phi) is 6.46. The smallest absolute Gasteiger partial charge is 0.254 e. The first-order chi connectivity index (χ1) is 14.6. The van der Waals surface area contributed by atoms with Gasteiger partial charge in [0.2, 0.25) is 5.91 Å². The molecule has 0 spiro atoms. The molecule has 2 aliphatic rings. The van der Waals surface area contributed by atoms with E-state index >= 15 is 0 Å². The van der Waals surface area contributed by atoms with E-state index in [1.165, 1.54) is 12.1 Å². The summed E-state index contributed by atoms with van der Waals surface area (Å²) in [5.41, 5.74) is 2.34.